The Morgan fingerprint density at radius 2 is 2.04 bits per heavy atom. The monoisotopic (exact) mass is 343 g/mol. The van der Waals surface area contributed by atoms with Gasteiger partial charge in [-0.05, 0) is 26.0 Å². The molecular weight excluding hydrogens is 318 g/mol. The molecule has 25 heavy (non-hydrogen) atoms. The van der Waals surface area contributed by atoms with Gasteiger partial charge in [0, 0.05) is 45.3 Å². The highest BCUT2D eigenvalue weighted by molar-refractivity contribution is 5.75. The number of amides is 1. The van der Waals surface area contributed by atoms with Gasteiger partial charge in [0.05, 0.1) is 12.2 Å². The lowest BCUT2D eigenvalue weighted by atomic mass is 10.2. The number of nitrogens with one attached hydrogen (secondary N) is 1. The number of aromatic nitrogens is 2. The average molecular weight is 343 g/mol. The zero-order valence-corrected chi connectivity index (χ0v) is 14.9. The van der Waals surface area contributed by atoms with E-state index in [1.54, 1.807) is 0 Å². The molecule has 0 spiro atoms. The largest absolute Gasteiger partial charge is 0.444 e. The third-order valence-electron chi connectivity index (χ3n) is 4.51. The summed E-state index contributed by atoms with van der Waals surface area (Å²) < 4.78 is 5.47. The summed E-state index contributed by atoms with van der Waals surface area (Å²) in [5.41, 5.74) is 0.870. The van der Waals surface area contributed by atoms with E-state index in [2.05, 4.69) is 25.1 Å². The molecule has 0 aromatic carbocycles. The fraction of sp³-hybridized carbons (Fsp3) is 0.500. The lowest BCUT2D eigenvalue weighted by molar-refractivity contribution is -0.121. The summed E-state index contributed by atoms with van der Waals surface area (Å²) in [5.74, 6) is 2.42. The van der Waals surface area contributed by atoms with Gasteiger partial charge in [-0.2, -0.15) is 0 Å². The standard InChI is InChI=1S/C18H25N5O2/c1-14-15(2)25-18(21-14)13-20-17(24)6-8-22-9-11-23(12-10-22)16-5-3-4-7-19-16/h3-5,7H,6,8-13H2,1-2H3,(H,20,24). The number of nitrogens with zero attached hydrogens (tertiary/aromatic N) is 4. The molecule has 7 nitrogen and oxygen atoms in total. The molecule has 1 fully saturated rings. The van der Waals surface area contributed by atoms with Crippen molar-refractivity contribution in [1.82, 2.24) is 20.2 Å². The van der Waals surface area contributed by atoms with E-state index in [9.17, 15) is 4.79 Å². The van der Waals surface area contributed by atoms with Gasteiger partial charge in [0.1, 0.15) is 11.6 Å². The number of hydrogen-bond acceptors (Lipinski definition) is 6. The Morgan fingerprint density at radius 1 is 1.24 bits per heavy atom. The number of carbonyl (C=O) groups excluding carboxylic acids is 1. The zero-order chi connectivity index (χ0) is 17.6. The zero-order valence-electron chi connectivity index (χ0n) is 14.9. The normalized spacial score (nSPS) is 15.4. The van der Waals surface area contributed by atoms with Crippen molar-refractivity contribution in [2.75, 3.05) is 37.6 Å². The molecule has 0 atom stereocenters. The first-order chi connectivity index (χ1) is 12.1. The van der Waals surface area contributed by atoms with Gasteiger partial charge in [-0.1, -0.05) is 6.07 Å². The van der Waals surface area contributed by atoms with Crippen LogP contribution in [0.2, 0.25) is 0 Å². The Hall–Kier alpha value is -2.41. The second-order valence-electron chi connectivity index (χ2n) is 6.29. The first-order valence-electron chi connectivity index (χ1n) is 8.70. The van der Waals surface area contributed by atoms with E-state index >= 15 is 0 Å². The lowest BCUT2D eigenvalue weighted by Crippen LogP contribution is -2.47. The Kier molecular flexibility index (Phi) is 5.65. The van der Waals surface area contributed by atoms with Gasteiger partial charge >= 0.3 is 0 Å². The molecule has 3 heterocycles. The minimum Gasteiger partial charge on any atom is -0.444 e. The Morgan fingerprint density at radius 3 is 2.68 bits per heavy atom. The van der Waals surface area contributed by atoms with Gasteiger partial charge in [-0.15, -0.1) is 0 Å². The van der Waals surface area contributed by atoms with Crippen molar-refractivity contribution >= 4 is 11.7 Å². The molecular formula is C18H25N5O2. The fourth-order valence-corrected chi connectivity index (χ4v) is 2.88. The van der Waals surface area contributed by atoms with Gasteiger partial charge in [-0.25, -0.2) is 9.97 Å². The molecule has 134 valence electrons. The summed E-state index contributed by atoms with van der Waals surface area (Å²) in [5, 5.41) is 2.87. The number of anilines is 1. The van der Waals surface area contributed by atoms with E-state index in [-0.39, 0.29) is 5.91 Å². The van der Waals surface area contributed by atoms with E-state index in [1.807, 2.05) is 38.2 Å². The van der Waals surface area contributed by atoms with Crippen LogP contribution in [-0.2, 0) is 11.3 Å². The highest BCUT2D eigenvalue weighted by Gasteiger charge is 2.18. The molecule has 2 aromatic rings. The van der Waals surface area contributed by atoms with E-state index in [0.29, 0.717) is 18.9 Å². The number of oxazole rings is 1. The van der Waals surface area contributed by atoms with Crippen LogP contribution in [0.3, 0.4) is 0 Å². The molecule has 1 amide bonds. The molecule has 1 N–H and O–H groups in total. The number of pyridine rings is 1. The summed E-state index contributed by atoms with van der Waals surface area (Å²) >= 11 is 0. The molecule has 1 aliphatic heterocycles. The average Bonchev–Trinajstić information content (AvgIpc) is 2.97. The van der Waals surface area contributed by atoms with Gasteiger partial charge in [0.15, 0.2) is 0 Å². The van der Waals surface area contributed by atoms with Crippen molar-refractivity contribution in [1.29, 1.82) is 0 Å². The van der Waals surface area contributed by atoms with Gasteiger partial charge in [0.2, 0.25) is 11.8 Å². The molecule has 0 radical (unpaired) electrons. The highest BCUT2D eigenvalue weighted by atomic mass is 16.4. The van der Waals surface area contributed by atoms with Crippen LogP contribution in [0, 0.1) is 13.8 Å². The van der Waals surface area contributed by atoms with Crippen LogP contribution >= 0.6 is 0 Å². The van der Waals surface area contributed by atoms with Crippen LogP contribution in [-0.4, -0.2) is 53.5 Å². The minimum atomic E-state index is 0.0284. The van der Waals surface area contributed by atoms with E-state index < -0.39 is 0 Å². The van der Waals surface area contributed by atoms with Crippen molar-refractivity contribution < 1.29 is 9.21 Å². The second kappa shape index (κ2) is 8.11. The fourth-order valence-electron chi connectivity index (χ4n) is 2.88. The van der Waals surface area contributed by atoms with Gasteiger partial charge in [0.25, 0.3) is 0 Å². The molecule has 1 aliphatic rings. The van der Waals surface area contributed by atoms with E-state index in [0.717, 1.165) is 50.0 Å². The molecule has 3 rings (SSSR count). The maximum absolute atomic E-state index is 12.0. The Bertz CT molecular complexity index is 673. The third kappa shape index (κ3) is 4.79. The topological polar surface area (TPSA) is 74.5 Å². The third-order valence-corrected chi connectivity index (χ3v) is 4.51. The molecule has 2 aromatic heterocycles. The quantitative estimate of drug-likeness (QED) is 0.857. The smallest absolute Gasteiger partial charge is 0.221 e. The van der Waals surface area contributed by atoms with Crippen molar-refractivity contribution in [2.24, 2.45) is 0 Å². The summed E-state index contributed by atoms with van der Waals surface area (Å²) in [4.78, 5) is 25.3. The van der Waals surface area contributed by atoms with Gasteiger partial charge < -0.3 is 14.6 Å². The maximum atomic E-state index is 12.0. The molecule has 7 heteroatoms. The van der Waals surface area contributed by atoms with Crippen LogP contribution in [0.1, 0.15) is 23.8 Å². The predicted molar refractivity (Wildman–Crippen MR) is 95.3 cm³/mol. The first kappa shape index (κ1) is 17.4. The summed E-state index contributed by atoms with van der Waals surface area (Å²) in [6.45, 7) is 8.66. The first-order valence-corrected chi connectivity index (χ1v) is 8.70. The highest BCUT2D eigenvalue weighted by Crippen LogP contribution is 2.12. The van der Waals surface area contributed by atoms with Crippen LogP contribution < -0.4 is 10.2 Å². The molecule has 0 unspecified atom stereocenters. The number of hydrogen-bond donors (Lipinski definition) is 1. The Labute approximate surface area is 148 Å². The second-order valence-corrected chi connectivity index (χ2v) is 6.29. The van der Waals surface area contributed by atoms with Crippen molar-refractivity contribution in [3.8, 4) is 0 Å². The molecule has 0 aliphatic carbocycles. The minimum absolute atomic E-state index is 0.0284. The Balaban J connectivity index is 1.36. The van der Waals surface area contributed by atoms with Gasteiger partial charge in [-0.3, -0.25) is 9.69 Å². The lowest BCUT2D eigenvalue weighted by Gasteiger charge is -2.35. The molecule has 1 saturated heterocycles. The number of carbonyl (C=O) groups is 1. The molecule has 0 saturated carbocycles. The van der Waals surface area contributed by atoms with Crippen LogP contribution in [0.25, 0.3) is 0 Å². The van der Waals surface area contributed by atoms with Crippen LogP contribution in [0.15, 0.2) is 28.8 Å². The van der Waals surface area contributed by atoms with Crippen molar-refractivity contribution in [3.05, 3.63) is 41.7 Å². The maximum Gasteiger partial charge on any atom is 0.221 e. The van der Waals surface area contributed by atoms with Crippen LogP contribution in [0.5, 0.6) is 0 Å². The van der Waals surface area contributed by atoms with E-state index in [1.165, 1.54) is 0 Å². The number of aryl methyl sites for hydroxylation is 2. The van der Waals surface area contributed by atoms with Crippen molar-refractivity contribution in [3.63, 3.8) is 0 Å². The number of piperazine rings is 1. The van der Waals surface area contributed by atoms with E-state index in [4.69, 9.17) is 4.42 Å². The summed E-state index contributed by atoms with van der Waals surface area (Å²) in [6.07, 6.45) is 2.31. The summed E-state index contributed by atoms with van der Waals surface area (Å²) in [6, 6.07) is 5.98. The number of rotatable bonds is 6. The van der Waals surface area contributed by atoms with Crippen molar-refractivity contribution in [2.45, 2.75) is 26.8 Å². The molecule has 0 bridgehead atoms. The SMILES string of the molecule is Cc1nc(CNC(=O)CCN2CCN(c3ccccn3)CC2)oc1C. The summed E-state index contributed by atoms with van der Waals surface area (Å²) in [7, 11) is 0. The van der Waals surface area contributed by atoms with Crippen LogP contribution in [0.4, 0.5) is 5.82 Å². The predicted octanol–water partition coefficient (Wildman–Crippen LogP) is 1.51.